The van der Waals surface area contributed by atoms with Crippen molar-refractivity contribution in [3.8, 4) is 0 Å². The fourth-order valence-electron chi connectivity index (χ4n) is 2.38. The summed E-state index contributed by atoms with van der Waals surface area (Å²) in [5.74, 6) is 2.03. The first-order chi connectivity index (χ1) is 5.97. The van der Waals surface area contributed by atoms with E-state index in [0.29, 0.717) is 5.41 Å². The van der Waals surface area contributed by atoms with Gasteiger partial charge in [-0.3, -0.25) is 0 Å². The molecule has 0 heterocycles. The molecule has 0 heteroatoms. The van der Waals surface area contributed by atoms with Gasteiger partial charge in [0.25, 0.3) is 0 Å². The highest BCUT2D eigenvalue weighted by Gasteiger charge is 2.25. The molecular weight excluding hydrogens is 156 g/mol. The molecule has 1 saturated carbocycles. The molecule has 0 bridgehead atoms. The summed E-state index contributed by atoms with van der Waals surface area (Å²) < 4.78 is 0. The van der Waals surface area contributed by atoms with E-state index in [1.807, 2.05) is 13.8 Å². The zero-order chi connectivity index (χ0) is 10.5. The van der Waals surface area contributed by atoms with Gasteiger partial charge in [0.2, 0.25) is 0 Å². The second-order valence-corrected chi connectivity index (χ2v) is 5.55. The Hall–Kier alpha value is 0. The summed E-state index contributed by atoms with van der Waals surface area (Å²) >= 11 is 0. The van der Waals surface area contributed by atoms with Gasteiger partial charge in [-0.1, -0.05) is 54.4 Å². The zero-order valence-corrected chi connectivity index (χ0v) is 10.5. The van der Waals surface area contributed by atoms with Crippen LogP contribution in [0.1, 0.15) is 67.2 Å². The summed E-state index contributed by atoms with van der Waals surface area (Å²) in [6.07, 6.45) is 5.87. The Morgan fingerprint density at radius 3 is 1.92 bits per heavy atom. The van der Waals surface area contributed by atoms with Crippen molar-refractivity contribution in [3.05, 3.63) is 0 Å². The lowest BCUT2D eigenvalue weighted by Crippen LogP contribution is -2.10. The highest BCUT2D eigenvalue weighted by Crippen LogP contribution is 2.37. The summed E-state index contributed by atoms with van der Waals surface area (Å²) in [6.45, 7) is 13.5. The third-order valence-corrected chi connectivity index (χ3v) is 2.70. The molecular formula is C13H28. The Labute approximate surface area is 85.1 Å². The average molecular weight is 184 g/mol. The molecule has 0 unspecified atom stereocenters. The first-order valence-corrected chi connectivity index (χ1v) is 5.97. The lowest BCUT2D eigenvalue weighted by molar-refractivity contribution is 0.293. The van der Waals surface area contributed by atoms with Crippen LogP contribution in [0.5, 0.6) is 0 Å². The van der Waals surface area contributed by atoms with E-state index >= 15 is 0 Å². The third-order valence-electron chi connectivity index (χ3n) is 2.70. The molecule has 0 amide bonds. The fraction of sp³-hybridized carbons (Fsp3) is 1.00. The van der Waals surface area contributed by atoms with Crippen LogP contribution in [0.4, 0.5) is 0 Å². The second kappa shape index (κ2) is 5.67. The maximum atomic E-state index is 2.39. The van der Waals surface area contributed by atoms with Crippen LogP contribution in [0.25, 0.3) is 0 Å². The predicted molar refractivity (Wildman–Crippen MR) is 61.9 cm³/mol. The molecule has 0 aromatic heterocycles. The van der Waals surface area contributed by atoms with Gasteiger partial charge in [0, 0.05) is 0 Å². The van der Waals surface area contributed by atoms with Crippen LogP contribution < -0.4 is 0 Å². The Morgan fingerprint density at radius 2 is 1.62 bits per heavy atom. The lowest BCUT2D eigenvalue weighted by Gasteiger charge is -2.22. The zero-order valence-electron chi connectivity index (χ0n) is 10.5. The van der Waals surface area contributed by atoms with Gasteiger partial charge in [-0.2, -0.15) is 0 Å². The fourth-order valence-corrected chi connectivity index (χ4v) is 2.38. The van der Waals surface area contributed by atoms with E-state index in [1.54, 1.807) is 0 Å². The Balaban J connectivity index is 0.000000671. The van der Waals surface area contributed by atoms with E-state index in [4.69, 9.17) is 0 Å². The van der Waals surface area contributed by atoms with Crippen LogP contribution in [-0.2, 0) is 0 Å². The van der Waals surface area contributed by atoms with Crippen LogP contribution in [0.2, 0.25) is 0 Å². The van der Waals surface area contributed by atoms with Crippen LogP contribution in [0.3, 0.4) is 0 Å². The van der Waals surface area contributed by atoms with Crippen molar-refractivity contribution in [2.45, 2.75) is 67.2 Å². The SMILES string of the molecule is CC.C[C@@H]1CC[C@@H](CC(C)(C)C)C1. The molecule has 0 N–H and O–H groups in total. The topological polar surface area (TPSA) is 0 Å². The van der Waals surface area contributed by atoms with E-state index in [0.717, 1.165) is 11.8 Å². The molecule has 1 aliphatic rings. The standard InChI is InChI=1S/C11H22.C2H6/c1-9-5-6-10(7-9)8-11(2,3)4;1-2/h9-10H,5-8H2,1-4H3;1-2H3/t9-,10-;/m1./s1. The average Bonchev–Trinajstić information content (AvgIpc) is 2.36. The van der Waals surface area contributed by atoms with E-state index < -0.39 is 0 Å². The summed E-state index contributed by atoms with van der Waals surface area (Å²) in [6, 6.07) is 0. The molecule has 1 fully saturated rings. The highest BCUT2D eigenvalue weighted by molar-refractivity contribution is 4.77. The molecule has 0 saturated heterocycles. The smallest absolute Gasteiger partial charge is 0.0380 e. The van der Waals surface area contributed by atoms with E-state index in [9.17, 15) is 0 Å². The molecule has 2 atom stereocenters. The number of rotatable bonds is 1. The van der Waals surface area contributed by atoms with Gasteiger partial charge < -0.3 is 0 Å². The van der Waals surface area contributed by atoms with Crippen LogP contribution in [-0.4, -0.2) is 0 Å². The van der Waals surface area contributed by atoms with Gasteiger partial charge in [0.05, 0.1) is 0 Å². The van der Waals surface area contributed by atoms with Gasteiger partial charge in [-0.15, -0.1) is 0 Å². The van der Waals surface area contributed by atoms with Crippen molar-refractivity contribution >= 4 is 0 Å². The molecule has 0 aliphatic heterocycles. The summed E-state index contributed by atoms with van der Waals surface area (Å²) in [7, 11) is 0. The minimum atomic E-state index is 0.550. The van der Waals surface area contributed by atoms with Crippen molar-refractivity contribution in [1.29, 1.82) is 0 Å². The first-order valence-electron chi connectivity index (χ1n) is 5.97. The maximum Gasteiger partial charge on any atom is -0.0380 e. The normalized spacial score (nSPS) is 28.2. The number of hydrogen-bond donors (Lipinski definition) is 0. The molecule has 0 aromatic rings. The molecule has 0 aromatic carbocycles. The Morgan fingerprint density at radius 1 is 1.08 bits per heavy atom. The van der Waals surface area contributed by atoms with Gasteiger partial charge >= 0.3 is 0 Å². The van der Waals surface area contributed by atoms with Gasteiger partial charge in [-0.25, -0.2) is 0 Å². The summed E-state index contributed by atoms with van der Waals surface area (Å²) in [4.78, 5) is 0. The summed E-state index contributed by atoms with van der Waals surface area (Å²) in [5.41, 5.74) is 0.550. The molecule has 0 radical (unpaired) electrons. The highest BCUT2D eigenvalue weighted by atomic mass is 14.3. The van der Waals surface area contributed by atoms with Crippen LogP contribution >= 0.6 is 0 Å². The second-order valence-electron chi connectivity index (χ2n) is 5.55. The largest absolute Gasteiger partial charge is 0.0683 e. The molecule has 0 spiro atoms. The minimum Gasteiger partial charge on any atom is -0.0683 e. The van der Waals surface area contributed by atoms with Crippen molar-refractivity contribution in [1.82, 2.24) is 0 Å². The van der Waals surface area contributed by atoms with Crippen molar-refractivity contribution in [2.24, 2.45) is 17.3 Å². The first kappa shape index (κ1) is 13.0. The van der Waals surface area contributed by atoms with Gasteiger partial charge in [0.1, 0.15) is 0 Å². The van der Waals surface area contributed by atoms with Crippen molar-refractivity contribution < 1.29 is 0 Å². The van der Waals surface area contributed by atoms with E-state index in [1.165, 1.54) is 25.7 Å². The van der Waals surface area contributed by atoms with Crippen LogP contribution in [0, 0.1) is 17.3 Å². The van der Waals surface area contributed by atoms with E-state index in [-0.39, 0.29) is 0 Å². The third kappa shape index (κ3) is 6.12. The van der Waals surface area contributed by atoms with Crippen molar-refractivity contribution in [2.75, 3.05) is 0 Å². The predicted octanol–water partition coefficient (Wildman–Crippen LogP) is 4.89. The van der Waals surface area contributed by atoms with E-state index in [2.05, 4.69) is 27.7 Å². The Bertz CT molecular complexity index is 118. The quantitative estimate of drug-likeness (QED) is 0.544. The van der Waals surface area contributed by atoms with Gasteiger partial charge in [0.15, 0.2) is 0 Å². The molecule has 1 aliphatic carbocycles. The van der Waals surface area contributed by atoms with Gasteiger partial charge in [-0.05, 0) is 30.1 Å². The Kier molecular flexibility index (Phi) is 5.67. The summed E-state index contributed by atoms with van der Waals surface area (Å²) in [5, 5.41) is 0. The molecule has 0 nitrogen and oxygen atoms in total. The number of hydrogen-bond acceptors (Lipinski definition) is 0. The minimum absolute atomic E-state index is 0.550. The molecule has 80 valence electrons. The maximum absolute atomic E-state index is 2.39. The lowest BCUT2D eigenvalue weighted by atomic mass is 9.84. The van der Waals surface area contributed by atoms with Crippen LogP contribution in [0.15, 0.2) is 0 Å². The monoisotopic (exact) mass is 184 g/mol. The molecule has 13 heavy (non-hydrogen) atoms. The van der Waals surface area contributed by atoms with Crippen molar-refractivity contribution in [3.63, 3.8) is 0 Å². The molecule has 1 rings (SSSR count).